The van der Waals surface area contributed by atoms with Crippen molar-refractivity contribution < 1.29 is 9.47 Å². The monoisotopic (exact) mass is 306 g/mol. The first-order chi connectivity index (χ1) is 10.2. The molecule has 2 aliphatic carbocycles. The van der Waals surface area contributed by atoms with E-state index in [-0.39, 0.29) is 11.4 Å². The molecule has 4 fully saturated rings. The predicted molar refractivity (Wildman–Crippen MR) is 88.5 cm³/mol. The van der Waals surface area contributed by atoms with Gasteiger partial charge in [0.2, 0.25) is 0 Å². The van der Waals surface area contributed by atoms with Crippen LogP contribution in [-0.4, -0.2) is 18.0 Å². The molecule has 2 aliphatic heterocycles. The number of fused-ring (bicyclic) bond motifs is 3. The summed E-state index contributed by atoms with van der Waals surface area (Å²) in [7, 11) is 0. The lowest BCUT2D eigenvalue weighted by Gasteiger charge is -2.63. The molecular weight excluding hydrogens is 272 g/mol. The van der Waals surface area contributed by atoms with Gasteiger partial charge in [0.25, 0.3) is 0 Å². The van der Waals surface area contributed by atoms with Crippen LogP contribution < -0.4 is 0 Å². The Morgan fingerprint density at radius 1 is 0.909 bits per heavy atom. The summed E-state index contributed by atoms with van der Waals surface area (Å²) >= 11 is 0. The summed E-state index contributed by atoms with van der Waals surface area (Å²) in [6.07, 6.45) is 9.14. The zero-order valence-corrected chi connectivity index (χ0v) is 15.2. The van der Waals surface area contributed by atoms with Crippen molar-refractivity contribution >= 4 is 0 Å². The van der Waals surface area contributed by atoms with Crippen LogP contribution in [0.25, 0.3) is 0 Å². The van der Waals surface area contributed by atoms with Gasteiger partial charge in [0.1, 0.15) is 0 Å². The van der Waals surface area contributed by atoms with Crippen molar-refractivity contribution in [3.8, 4) is 0 Å². The van der Waals surface area contributed by atoms with Gasteiger partial charge < -0.3 is 9.47 Å². The molecule has 0 aromatic heterocycles. The minimum atomic E-state index is -0.274. The average Bonchev–Trinajstić information content (AvgIpc) is 2.71. The van der Waals surface area contributed by atoms with Crippen LogP contribution in [0.3, 0.4) is 0 Å². The highest BCUT2D eigenvalue weighted by atomic mass is 16.8. The Morgan fingerprint density at radius 3 is 2.36 bits per heavy atom. The summed E-state index contributed by atoms with van der Waals surface area (Å²) in [5, 5.41) is 0. The Hall–Kier alpha value is -0.0800. The molecule has 0 N–H and O–H groups in total. The summed E-state index contributed by atoms with van der Waals surface area (Å²) < 4.78 is 13.1. The van der Waals surface area contributed by atoms with E-state index in [0.717, 1.165) is 18.9 Å². The van der Waals surface area contributed by atoms with Gasteiger partial charge in [0.05, 0.1) is 12.2 Å². The standard InChI is InChI=1S/C20H34O2/c1-14(2)20-12-8-16-18(5)10-6-9-17(3,4)15(18)7-11-19(16,22-20)13-21-20/h14-16H,6-13H2,1-5H3/t15-,16?,18-,19-,20+/m0/s1. The molecule has 126 valence electrons. The van der Waals surface area contributed by atoms with Gasteiger partial charge in [-0.3, -0.25) is 0 Å². The molecule has 2 nitrogen and oxygen atoms in total. The maximum atomic E-state index is 6.80. The Bertz CT molecular complexity index is 470. The van der Waals surface area contributed by atoms with Gasteiger partial charge in [0.15, 0.2) is 5.79 Å². The predicted octanol–water partition coefficient (Wildman–Crippen LogP) is 5.16. The summed E-state index contributed by atoms with van der Waals surface area (Å²) in [5.41, 5.74) is 0.985. The van der Waals surface area contributed by atoms with E-state index >= 15 is 0 Å². The van der Waals surface area contributed by atoms with E-state index in [1.165, 1.54) is 38.5 Å². The fourth-order valence-corrected chi connectivity index (χ4v) is 7.04. The van der Waals surface area contributed by atoms with Gasteiger partial charge in [0, 0.05) is 12.3 Å². The fourth-order valence-electron chi connectivity index (χ4n) is 7.04. The molecular formula is C20H34O2. The molecule has 2 heterocycles. The summed E-state index contributed by atoms with van der Waals surface area (Å²) in [4.78, 5) is 0. The first kappa shape index (κ1) is 15.4. The lowest BCUT2D eigenvalue weighted by atomic mass is 9.44. The van der Waals surface area contributed by atoms with Crippen molar-refractivity contribution in [1.82, 2.24) is 0 Å². The topological polar surface area (TPSA) is 18.5 Å². The van der Waals surface area contributed by atoms with Crippen LogP contribution >= 0.6 is 0 Å². The maximum Gasteiger partial charge on any atom is 0.171 e. The van der Waals surface area contributed by atoms with Crippen molar-refractivity contribution in [2.75, 3.05) is 6.61 Å². The van der Waals surface area contributed by atoms with E-state index in [9.17, 15) is 0 Å². The Balaban J connectivity index is 1.70. The Kier molecular flexibility index (Phi) is 3.16. The van der Waals surface area contributed by atoms with Gasteiger partial charge in [-0.2, -0.15) is 0 Å². The first-order valence-electron chi connectivity index (χ1n) is 9.58. The molecule has 2 bridgehead atoms. The van der Waals surface area contributed by atoms with Crippen LogP contribution in [0, 0.1) is 28.6 Å². The van der Waals surface area contributed by atoms with Crippen LogP contribution in [0.1, 0.15) is 79.6 Å². The SMILES string of the molecule is CC(C)[C@]12CCC3[C@](CC[C@H]4C(C)(C)CCC[C@]34C)(CO1)O2. The second kappa shape index (κ2) is 4.51. The Morgan fingerprint density at radius 2 is 1.64 bits per heavy atom. The van der Waals surface area contributed by atoms with Crippen LogP contribution in [0.2, 0.25) is 0 Å². The second-order valence-corrected chi connectivity index (χ2v) is 9.95. The van der Waals surface area contributed by atoms with Crippen LogP contribution in [-0.2, 0) is 9.47 Å². The molecule has 2 saturated heterocycles. The fraction of sp³-hybridized carbons (Fsp3) is 1.00. The summed E-state index contributed by atoms with van der Waals surface area (Å²) in [6.45, 7) is 13.0. The Labute approximate surface area is 136 Å². The van der Waals surface area contributed by atoms with E-state index in [0.29, 0.717) is 22.7 Å². The first-order valence-corrected chi connectivity index (χ1v) is 9.58. The van der Waals surface area contributed by atoms with Gasteiger partial charge in [-0.05, 0) is 54.8 Å². The molecule has 4 rings (SSSR count). The van der Waals surface area contributed by atoms with Crippen LogP contribution in [0.5, 0.6) is 0 Å². The molecule has 2 heteroatoms. The molecule has 1 unspecified atom stereocenters. The number of hydrogen-bond donors (Lipinski definition) is 0. The van der Waals surface area contributed by atoms with Crippen LogP contribution in [0.4, 0.5) is 0 Å². The van der Waals surface area contributed by atoms with E-state index in [1.807, 2.05) is 0 Å². The third-order valence-corrected chi connectivity index (χ3v) is 8.16. The lowest BCUT2D eigenvalue weighted by molar-refractivity contribution is -0.283. The average molecular weight is 306 g/mol. The molecule has 4 aliphatic rings. The van der Waals surface area contributed by atoms with Gasteiger partial charge in [-0.15, -0.1) is 0 Å². The molecule has 0 aromatic rings. The van der Waals surface area contributed by atoms with Crippen LogP contribution in [0.15, 0.2) is 0 Å². The van der Waals surface area contributed by atoms with Crippen molar-refractivity contribution in [3.05, 3.63) is 0 Å². The molecule has 1 spiro atoms. The normalized spacial score (nSPS) is 53.2. The maximum absolute atomic E-state index is 6.80. The second-order valence-electron chi connectivity index (χ2n) is 9.95. The van der Waals surface area contributed by atoms with Crippen molar-refractivity contribution in [3.63, 3.8) is 0 Å². The van der Waals surface area contributed by atoms with Gasteiger partial charge >= 0.3 is 0 Å². The molecule has 0 amide bonds. The molecule has 0 aromatic carbocycles. The van der Waals surface area contributed by atoms with E-state index in [2.05, 4.69) is 34.6 Å². The molecule has 2 saturated carbocycles. The summed E-state index contributed by atoms with van der Waals surface area (Å²) in [6, 6.07) is 0. The molecule has 5 atom stereocenters. The van der Waals surface area contributed by atoms with Crippen molar-refractivity contribution in [2.24, 2.45) is 28.6 Å². The number of ether oxygens (including phenoxy) is 2. The van der Waals surface area contributed by atoms with E-state index < -0.39 is 0 Å². The zero-order valence-electron chi connectivity index (χ0n) is 15.2. The molecule has 0 radical (unpaired) electrons. The third-order valence-electron chi connectivity index (χ3n) is 8.16. The minimum Gasteiger partial charge on any atom is -0.347 e. The summed E-state index contributed by atoms with van der Waals surface area (Å²) in [5.74, 6) is 1.75. The number of rotatable bonds is 1. The van der Waals surface area contributed by atoms with Crippen molar-refractivity contribution in [2.45, 2.75) is 91.0 Å². The van der Waals surface area contributed by atoms with E-state index in [4.69, 9.17) is 9.47 Å². The third kappa shape index (κ3) is 1.80. The highest BCUT2D eigenvalue weighted by molar-refractivity contribution is 5.13. The zero-order chi connectivity index (χ0) is 15.8. The highest BCUT2D eigenvalue weighted by Gasteiger charge is 2.67. The lowest BCUT2D eigenvalue weighted by Crippen LogP contribution is -2.62. The van der Waals surface area contributed by atoms with Crippen molar-refractivity contribution in [1.29, 1.82) is 0 Å². The molecule has 22 heavy (non-hydrogen) atoms. The number of hydrogen-bond acceptors (Lipinski definition) is 2. The highest BCUT2D eigenvalue weighted by Crippen LogP contribution is 2.67. The minimum absolute atomic E-state index is 0.0290. The van der Waals surface area contributed by atoms with Gasteiger partial charge in [-0.1, -0.05) is 41.0 Å². The van der Waals surface area contributed by atoms with E-state index in [1.54, 1.807) is 0 Å². The largest absolute Gasteiger partial charge is 0.347 e. The van der Waals surface area contributed by atoms with Gasteiger partial charge in [-0.25, -0.2) is 0 Å². The quantitative estimate of drug-likeness (QED) is 0.666. The smallest absolute Gasteiger partial charge is 0.171 e.